The predicted octanol–water partition coefficient (Wildman–Crippen LogP) is 3.24. The van der Waals surface area contributed by atoms with Gasteiger partial charge in [-0.15, -0.1) is 0 Å². The summed E-state index contributed by atoms with van der Waals surface area (Å²) in [4.78, 5) is 14.4. The van der Waals surface area contributed by atoms with Gasteiger partial charge in [0.15, 0.2) is 0 Å². The topological polar surface area (TPSA) is 38.8 Å². The summed E-state index contributed by atoms with van der Waals surface area (Å²) in [6.07, 6.45) is 2.47. The van der Waals surface area contributed by atoms with E-state index >= 15 is 0 Å². The zero-order chi connectivity index (χ0) is 16.9. The highest BCUT2D eigenvalue weighted by Gasteiger charge is 2.47. The highest BCUT2D eigenvalue weighted by Crippen LogP contribution is 2.51. The Morgan fingerprint density at radius 1 is 1.33 bits per heavy atom. The molecule has 3 rings (SSSR count). The standard InChI is InChI=1S/C18H23ClFNO3/c19-15-4-3-5-16(20)17(15)13-12-14(13)18(22)24-9-2-1-6-21-7-10-23-11-8-21/h3-5,13-14H,1-2,6-12H2/t13-,14+/m1/s1. The Balaban J connectivity index is 1.35. The summed E-state index contributed by atoms with van der Waals surface area (Å²) in [6.45, 7) is 5.00. The summed E-state index contributed by atoms with van der Waals surface area (Å²) in [5.41, 5.74) is 0.452. The van der Waals surface area contributed by atoms with Crippen LogP contribution in [-0.4, -0.2) is 50.3 Å². The third kappa shape index (κ3) is 4.47. The maximum absolute atomic E-state index is 13.9. The molecule has 1 saturated heterocycles. The smallest absolute Gasteiger partial charge is 0.309 e. The predicted molar refractivity (Wildman–Crippen MR) is 89.7 cm³/mol. The molecule has 0 unspecified atom stereocenters. The summed E-state index contributed by atoms with van der Waals surface area (Å²) >= 11 is 6.05. The van der Waals surface area contributed by atoms with Crippen molar-refractivity contribution < 1.29 is 18.7 Å². The molecule has 6 heteroatoms. The molecule has 2 atom stereocenters. The van der Waals surface area contributed by atoms with Gasteiger partial charge in [-0.3, -0.25) is 9.69 Å². The van der Waals surface area contributed by atoms with Gasteiger partial charge in [-0.2, -0.15) is 0 Å². The molecule has 1 aromatic carbocycles. The molecule has 2 fully saturated rings. The summed E-state index contributed by atoms with van der Waals surface area (Å²) in [5, 5.41) is 0.390. The van der Waals surface area contributed by atoms with E-state index in [1.54, 1.807) is 12.1 Å². The van der Waals surface area contributed by atoms with Gasteiger partial charge in [0.25, 0.3) is 0 Å². The maximum Gasteiger partial charge on any atom is 0.309 e. The molecule has 4 nitrogen and oxygen atoms in total. The van der Waals surface area contributed by atoms with Gasteiger partial charge in [-0.1, -0.05) is 17.7 Å². The van der Waals surface area contributed by atoms with E-state index in [1.807, 2.05) is 0 Å². The first-order valence-corrected chi connectivity index (χ1v) is 8.95. The lowest BCUT2D eigenvalue weighted by atomic mass is 10.1. The SMILES string of the molecule is O=C(OCCCCN1CCOCC1)[C@H]1C[C@H]1c1c(F)cccc1Cl. The number of hydrogen-bond donors (Lipinski definition) is 0. The molecular weight excluding hydrogens is 333 g/mol. The normalized spacial score (nSPS) is 23.9. The number of hydrogen-bond acceptors (Lipinski definition) is 4. The number of carbonyl (C=O) groups excluding carboxylic acids is 1. The third-order valence-electron chi connectivity index (χ3n) is 4.68. The van der Waals surface area contributed by atoms with Crippen LogP contribution in [0.2, 0.25) is 5.02 Å². The number of carbonyl (C=O) groups is 1. The van der Waals surface area contributed by atoms with Crippen molar-refractivity contribution >= 4 is 17.6 Å². The molecule has 0 aromatic heterocycles. The highest BCUT2D eigenvalue weighted by atomic mass is 35.5. The van der Waals surface area contributed by atoms with Gasteiger partial charge < -0.3 is 9.47 Å². The molecular formula is C18H23ClFNO3. The Morgan fingerprint density at radius 3 is 2.88 bits per heavy atom. The molecule has 0 amide bonds. The van der Waals surface area contributed by atoms with Gasteiger partial charge >= 0.3 is 5.97 Å². The van der Waals surface area contributed by atoms with Crippen molar-refractivity contribution in [1.29, 1.82) is 0 Å². The van der Waals surface area contributed by atoms with Crippen LogP contribution in [0.25, 0.3) is 0 Å². The molecule has 0 radical (unpaired) electrons. The van der Waals surface area contributed by atoms with Crippen LogP contribution in [0.5, 0.6) is 0 Å². The van der Waals surface area contributed by atoms with Gasteiger partial charge in [-0.25, -0.2) is 4.39 Å². The first-order chi connectivity index (χ1) is 11.7. The van der Waals surface area contributed by atoms with E-state index in [1.165, 1.54) is 6.07 Å². The fourth-order valence-corrected chi connectivity index (χ4v) is 3.48. The second-order valence-electron chi connectivity index (χ2n) is 6.41. The minimum absolute atomic E-state index is 0.139. The molecule has 1 saturated carbocycles. The summed E-state index contributed by atoms with van der Waals surface area (Å²) in [7, 11) is 0. The zero-order valence-electron chi connectivity index (χ0n) is 13.7. The molecule has 132 valence electrons. The van der Waals surface area contributed by atoms with Gasteiger partial charge in [0, 0.05) is 29.6 Å². The van der Waals surface area contributed by atoms with Crippen LogP contribution in [0.4, 0.5) is 4.39 Å². The van der Waals surface area contributed by atoms with E-state index in [9.17, 15) is 9.18 Å². The van der Waals surface area contributed by atoms with E-state index < -0.39 is 0 Å². The number of unbranched alkanes of at least 4 members (excludes halogenated alkanes) is 1. The van der Waals surface area contributed by atoms with Crippen molar-refractivity contribution in [2.75, 3.05) is 39.5 Å². The van der Waals surface area contributed by atoms with Crippen molar-refractivity contribution in [2.45, 2.75) is 25.2 Å². The lowest BCUT2D eigenvalue weighted by Crippen LogP contribution is -2.36. The molecule has 1 aromatic rings. The Kier molecular flexibility index (Phi) is 6.09. The molecule has 2 aliphatic rings. The van der Waals surface area contributed by atoms with E-state index in [2.05, 4.69) is 4.90 Å². The van der Waals surface area contributed by atoms with Gasteiger partial charge in [-0.05, 0) is 37.9 Å². The average molecular weight is 356 g/mol. The summed E-state index contributed by atoms with van der Waals surface area (Å²) in [6, 6.07) is 4.62. The van der Waals surface area contributed by atoms with E-state index in [-0.39, 0.29) is 23.6 Å². The molecule has 0 N–H and O–H groups in total. The van der Waals surface area contributed by atoms with Crippen LogP contribution in [0.3, 0.4) is 0 Å². The van der Waals surface area contributed by atoms with E-state index in [4.69, 9.17) is 21.1 Å². The van der Waals surface area contributed by atoms with Crippen LogP contribution in [-0.2, 0) is 14.3 Å². The molecule has 0 bridgehead atoms. The minimum Gasteiger partial charge on any atom is -0.465 e. The second kappa shape index (κ2) is 8.28. The fourth-order valence-electron chi connectivity index (χ4n) is 3.18. The van der Waals surface area contributed by atoms with E-state index in [0.29, 0.717) is 23.6 Å². The Hall–Kier alpha value is -1.17. The van der Waals surface area contributed by atoms with Gasteiger partial charge in [0.2, 0.25) is 0 Å². The maximum atomic E-state index is 13.9. The first-order valence-electron chi connectivity index (χ1n) is 8.57. The van der Waals surface area contributed by atoms with Crippen LogP contribution in [0.1, 0.15) is 30.7 Å². The van der Waals surface area contributed by atoms with E-state index in [0.717, 1.165) is 45.7 Å². The van der Waals surface area contributed by atoms with Gasteiger partial charge in [0.1, 0.15) is 5.82 Å². The largest absolute Gasteiger partial charge is 0.465 e. The summed E-state index contributed by atoms with van der Waals surface area (Å²) < 4.78 is 24.5. The zero-order valence-corrected chi connectivity index (χ0v) is 14.4. The average Bonchev–Trinajstić information content (AvgIpc) is 3.35. The Morgan fingerprint density at radius 2 is 2.12 bits per heavy atom. The van der Waals surface area contributed by atoms with Crippen molar-refractivity contribution in [1.82, 2.24) is 4.90 Å². The number of ether oxygens (including phenoxy) is 2. The van der Waals surface area contributed by atoms with Crippen LogP contribution in [0, 0.1) is 11.7 Å². The quantitative estimate of drug-likeness (QED) is 0.556. The van der Waals surface area contributed by atoms with Crippen LogP contribution >= 0.6 is 11.6 Å². The van der Waals surface area contributed by atoms with Crippen molar-refractivity contribution in [3.8, 4) is 0 Å². The number of nitrogens with zero attached hydrogens (tertiary/aromatic N) is 1. The number of rotatable bonds is 7. The third-order valence-corrected chi connectivity index (χ3v) is 5.01. The number of esters is 1. The number of halogens is 2. The molecule has 1 aliphatic heterocycles. The second-order valence-corrected chi connectivity index (χ2v) is 6.82. The van der Waals surface area contributed by atoms with Crippen LogP contribution in [0.15, 0.2) is 18.2 Å². The molecule has 24 heavy (non-hydrogen) atoms. The first kappa shape index (κ1) is 17.6. The van der Waals surface area contributed by atoms with Gasteiger partial charge in [0.05, 0.1) is 25.7 Å². The van der Waals surface area contributed by atoms with Crippen molar-refractivity contribution in [3.63, 3.8) is 0 Å². The molecule has 0 spiro atoms. The molecule has 1 aliphatic carbocycles. The molecule has 1 heterocycles. The number of morpholine rings is 1. The lowest BCUT2D eigenvalue weighted by molar-refractivity contribution is -0.145. The Bertz CT molecular complexity index is 557. The van der Waals surface area contributed by atoms with Crippen molar-refractivity contribution in [2.24, 2.45) is 5.92 Å². The monoisotopic (exact) mass is 355 g/mol. The minimum atomic E-state index is -0.340. The fraction of sp³-hybridized carbons (Fsp3) is 0.611. The van der Waals surface area contributed by atoms with Crippen LogP contribution < -0.4 is 0 Å². The number of benzene rings is 1. The lowest BCUT2D eigenvalue weighted by Gasteiger charge is -2.26. The summed E-state index contributed by atoms with van der Waals surface area (Å²) in [5.74, 6) is -0.961. The Labute approximate surface area is 146 Å². The highest BCUT2D eigenvalue weighted by molar-refractivity contribution is 6.31. The van der Waals surface area contributed by atoms with Crippen molar-refractivity contribution in [3.05, 3.63) is 34.6 Å².